The highest BCUT2D eigenvalue weighted by molar-refractivity contribution is 6.02. The quantitative estimate of drug-likeness (QED) is 0.166. The Morgan fingerprint density at radius 3 is 2.44 bits per heavy atom. The van der Waals surface area contributed by atoms with Gasteiger partial charge in [0.15, 0.2) is 5.82 Å². The van der Waals surface area contributed by atoms with E-state index in [0.29, 0.717) is 42.0 Å². The molecule has 0 atom stereocenters. The number of piperidine rings is 1. The fourth-order valence-corrected chi connectivity index (χ4v) is 6.00. The Bertz CT molecular complexity index is 2070. The molecule has 1 saturated heterocycles. The van der Waals surface area contributed by atoms with Crippen molar-refractivity contribution < 1.29 is 14.1 Å². The molecule has 5 heterocycles. The monoisotopic (exact) mass is 669 g/mol. The van der Waals surface area contributed by atoms with Gasteiger partial charge in [-0.05, 0) is 69.0 Å². The topological polar surface area (TPSA) is 144 Å². The molecule has 2 aromatic carbocycles. The van der Waals surface area contributed by atoms with Crippen molar-refractivity contribution in [2.75, 3.05) is 18.4 Å². The first kappa shape index (κ1) is 32.8. The van der Waals surface area contributed by atoms with Crippen molar-refractivity contribution in [2.45, 2.75) is 58.3 Å². The Balaban J connectivity index is 1.10. The lowest BCUT2D eigenvalue weighted by molar-refractivity contribution is 0.0475. The van der Waals surface area contributed by atoms with Crippen LogP contribution in [0.25, 0.3) is 44.8 Å². The summed E-state index contributed by atoms with van der Waals surface area (Å²) in [4.78, 5) is 38.1. The van der Waals surface area contributed by atoms with Crippen LogP contribution in [0.15, 0.2) is 95.9 Å². The standard InChI is InChI=1S/C38H39N9O3/c1-38(2,3)49-37(48)42-28-15-18-47(19-16-28)24-32-44-35(46-50-32)27-20-26(21-39-22-27)34-43-31-14-9-13-30(25-10-5-4-6-11-25)33(31)36(45-34)41-23-29-12-7-8-17-40-29/h4-14,17,20-22,28H,15-16,18-19,23-24H2,1-3H3,(H,42,48)(H,41,43,45). The number of amides is 1. The third-order valence-corrected chi connectivity index (χ3v) is 8.36. The van der Waals surface area contributed by atoms with Gasteiger partial charge in [-0.1, -0.05) is 53.7 Å². The molecular weight excluding hydrogens is 630 g/mol. The molecule has 7 rings (SSSR count). The van der Waals surface area contributed by atoms with Crippen LogP contribution in [0.4, 0.5) is 10.6 Å². The lowest BCUT2D eigenvalue weighted by Crippen LogP contribution is -2.45. The van der Waals surface area contributed by atoms with E-state index in [-0.39, 0.29) is 12.1 Å². The fraction of sp³-hybridized carbons (Fsp3) is 0.289. The second kappa shape index (κ2) is 14.4. The molecule has 1 aliphatic rings. The summed E-state index contributed by atoms with van der Waals surface area (Å²) < 4.78 is 11.1. The second-order valence-electron chi connectivity index (χ2n) is 13.3. The number of hydrogen-bond donors (Lipinski definition) is 2. The number of aromatic nitrogens is 6. The minimum atomic E-state index is -0.523. The maximum absolute atomic E-state index is 12.2. The van der Waals surface area contributed by atoms with Gasteiger partial charge in [0.2, 0.25) is 11.7 Å². The predicted octanol–water partition coefficient (Wildman–Crippen LogP) is 6.91. The summed E-state index contributed by atoms with van der Waals surface area (Å²) in [5, 5.41) is 11.7. The molecule has 1 aliphatic heterocycles. The van der Waals surface area contributed by atoms with Gasteiger partial charge in [-0.2, -0.15) is 4.98 Å². The summed E-state index contributed by atoms with van der Waals surface area (Å²) in [5.74, 6) is 2.18. The molecule has 0 bridgehead atoms. The van der Waals surface area contributed by atoms with Gasteiger partial charge in [-0.25, -0.2) is 14.8 Å². The SMILES string of the molecule is CC(C)(C)OC(=O)NC1CCN(Cc2nc(-c3cncc(-c4nc(NCc5ccccn5)c5c(-c6ccccc6)cccc5n4)c3)no2)CC1. The van der Waals surface area contributed by atoms with Crippen LogP contribution >= 0.6 is 0 Å². The van der Waals surface area contributed by atoms with E-state index in [1.54, 1.807) is 18.6 Å². The molecule has 254 valence electrons. The van der Waals surface area contributed by atoms with Gasteiger partial charge in [0.25, 0.3) is 0 Å². The molecule has 6 aromatic rings. The Kier molecular flexibility index (Phi) is 9.43. The van der Waals surface area contributed by atoms with E-state index in [1.165, 1.54) is 0 Å². The van der Waals surface area contributed by atoms with E-state index < -0.39 is 5.60 Å². The normalized spacial score (nSPS) is 14.1. The highest BCUT2D eigenvalue weighted by Gasteiger charge is 2.25. The van der Waals surface area contributed by atoms with E-state index >= 15 is 0 Å². The van der Waals surface area contributed by atoms with Crippen molar-refractivity contribution in [3.05, 3.63) is 103 Å². The number of fused-ring (bicyclic) bond motifs is 1. The zero-order chi connectivity index (χ0) is 34.5. The maximum atomic E-state index is 12.2. The smallest absolute Gasteiger partial charge is 0.407 e. The molecule has 0 radical (unpaired) electrons. The third-order valence-electron chi connectivity index (χ3n) is 8.36. The van der Waals surface area contributed by atoms with Gasteiger partial charge in [0, 0.05) is 48.8 Å². The number of benzene rings is 2. The highest BCUT2D eigenvalue weighted by Crippen LogP contribution is 2.34. The molecule has 12 heteroatoms. The van der Waals surface area contributed by atoms with E-state index in [2.05, 4.69) is 53.8 Å². The highest BCUT2D eigenvalue weighted by atomic mass is 16.6. The predicted molar refractivity (Wildman–Crippen MR) is 191 cm³/mol. The number of rotatable bonds is 9. The summed E-state index contributed by atoms with van der Waals surface area (Å²) in [6.07, 6.45) is 6.47. The summed E-state index contributed by atoms with van der Waals surface area (Å²) in [5.41, 5.74) is 4.71. The molecule has 1 fully saturated rings. The van der Waals surface area contributed by atoms with Crippen LogP contribution in [0.1, 0.15) is 45.2 Å². The van der Waals surface area contributed by atoms with Crippen LogP contribution in [0.2, 0.25) is 0 Å². The molecule has 50 heavy (non-hydrogen) atoms. The number of anilines is 1. The molecule has 0 spiro atoms. The summed E-state index contributed by atoms with van der Waals surface area (Å²) in [6.45, 7) is 8.17. The molecule has 0 saturated carbocycles. The maximum Gasteiger partial charge on any atom is 0.407 e. The summed E-state index contributed by atoms with van der Waals surface area (Å²) in [7, 11) is 0. The van der Waals surface area contributed by atoms with Crippen LogP contribution in [-0.2, 0) is 17.8 Å². The number of nitrogens with zero attached hydrogens (tertiary/aromatic N) is 7. The number of ether oxygens (including phenoxy) is 1. The number of nitrogens with one attached hydrogen (secondary N) is 2. The lowest BCUT2D eigenvalue weighted by Gasteiger charge is -2.31. The minimum absolute atomic E-state index is 0.0705. The number of alkyl carbamates (subject to hydrolysis) is 1. The number of likely N-dealkylation sites (tertiary alicyclic amines) is 1. The van der Waals surface area contributed by atoms with Crippen LogP contribution in [0.5, 0.6) is 0 Å². The molecule has 0 aliphatic carbocycles. The molecule has 0 unspecified atom stereocenters. The first-order chi connectivity index (χ1) is 24.3. The Morgan fingerprint density at radius 1 is 0.900 bits per heavy atom. The number of pyridine rings is 2. The van der Waals surface area contributed by atoms with Gasteiger partial charge in [-0.15, -0.1) is 0 Å². The average Bonchev–Trinajstić information content (AvgIpc) is 3.59. The summed E-state index contributed by atoms with van der Waals surface area (Å²) in [6, 6.07) is 24.2. The zero-order valence-corrected chi connectivity index (χ0v) is 28.3. The second-order valence-corrected chi connectivity index (χ2v) is 13.3. The van der Waals surface area contributed by atoms with Gasteiger partial charge in [0.1, 0.15) is 11.4 Å². The number of carbonyl (C=O) groups is 1. The third kappa shape index (κ3) is 7.92. The molecule has 1 amide bonds. The van der Waals surface area contributed by atoms with E-state index in [1.807, 2.05) is 75.4 Å². The Hall–Kier alpha value is -5.75. The van der Waals surface area contributed by atoms with Gasteiger partial charge >= 0.3 is 6.09 Å². The zero-order valence-electron chi connectivity index (χ0n) is 28.3. The number of carbonyl (C=O) groups excluding carboxylic acids is 1. The molecule has 4 aromatic heterocycles. The van der Waals surface area contributed by atoms with Crippen molar-refractivity contribution >= 4 is 22.8 Å². The Labute approximate surface area is 290 Å². The largest absolute Gasteiger partial charge is 0.444 e. The fourth-order valence-electron chi connectivity index (χ4n) is 6.00. The van der Waals surface area contributed by atoms with Crippen LogP contribution in [0.3, 0.4) is 0 Å². The van der Waals surface area contributed by atoms with Crippen molar-refractivity contribution in [3.8, 4) is 33.9 Å². The van der Waals surface area contributed by atoms with Crippen LogP contribution in [-0.4, -0.2) is 65.8 Å². The van der Waals surface area contributed by atoms with Crippen molar-refractivity contribution in [3.63, 3.8) is 0 Å². The van der Waals surface area contributed by atoms with Gasteiger partial charge in [0.05, 0.1) is 29.7 Å². The van der Waals surface area contributed by atoms with Crippen molar-refractivity contribution in [1.82, 2.24) is 40.3 Å². The summed E-state index contributed by atoms with van der Waals surface area (Å²) >= 11 is 0. The van der Waals surface area contributed by atoms with E-state index in [9.17, 15) is 4.79 Å². The van der Waals surface area contributed by atoms with Crippen LogP contribution < -0.4 is 10.6 Å². The Morgan fingerprint density at radius 2 is 1.68 bits per heavy atom. The van der Waals surface area contributed by atoms with E-state index in [0.717, 1.165) is 59.2 Å². The van der Waals surface area contributed by atoms with Crippen molar-refractivity contribution in [1.29, 1.82) is 0 Å². The van der Waals surface area contributed by atoms with E-state index in [4.69, 9.17) is 19.2 Å². The first-order valence-electron chi connectivity index (χ1n) is 16.8. The molecule has 2 N–H and O–H groups in total. The lowest BCUT2D eigenvalue weighted by atomic mass is 10.0. The van der Waals surface area contributed by atoms with Gasteiger partial charge in [-0.3, -0.25) is 14.9 Å². The first-order valence-corrected chi connectivity index (χ1v) is 16.8. The molecular formula is C38H39N9O3. The number of hydrogen-bond acceptors (Lipinski definition) is 11. The minimum Gasteiger partial charge on any atom is -0.444 e. The van der Waals surface area contributed by atoms with Gasteiger partial charge < -0.3 is 19.9 Å². The molecule has 12 nitrogen and oxygen atoms in total. The van der Waals surface area contributed by atoms with Crippen LogP contribution in [0, 0.1) is 0 Å². The average molecular weight is 670 g/mol. The van der Waals surface area contributed by atoms with Crippen molar-refractivity contribution in [2.24, 2.45) is 0 Å².